The Labute approximate surface area is 179 Å². The van der Waals surface area contributed by atoms with Crippen molar-refractivity contribution >= 4 is 34.8 Å². The number of piperazine rings is 1. The Hall–Kier alpha value is -2.48. The van der Waals surface area contributed by atoms with E-state index in [0.717, 1.165) is 38.5 Å². The summed E-state index contributed by atoms with van der Waals surface area (Å²) in [4.78, 5) is 31.6. The summed E-state index contributed by atoms with van der Waals surface area (Å²) >= 11 is 6.56. The Morgan fingerprint density at radius 1 is 1.20 bits per heavy atom. The molecule has 1 saturated carbocycles. The number of nitrogens with zero attached hydrogens (tertiary/aromatic N) is 2. The molecule has 2 saturated heterocycles. The Balaban J connectivity index is 1.39. The largest absolute Gasteiger partial charge is 0.331 e. The van der Waals surface area contributed by atoms with Gasteiger partial charge in [0.15, 0.2) is 12.5 Å². The normalized spacial score (nSPS) is 24.8. The zero-order valence-electron chi connectivity index (χ0n) is 16.4. The van der Waals surface area contributed by atoms with Gasteiger partial charge in [0.1, 0.15) is 11.2 Å². The fourth-order valence-corrected chi connectivity index (χ4v) is 4.77. The second-order valence-electron chi connectivity index (χ2n) is 8.10. The molecule has 5 rings (SSSR count). The monoisotopic (exact) mass is 426 g/mol. The third-order valence-corrected chi connectivity index (χ3v) is 6.39. The standard InChI is InChI=1S/C22H23ClN4O3/c23-15-13-14(25-18(28)16-7-3-6-12-24-16)8-9-17(15)27-20-19(30-20)26-22(21(27)29)10-4-1-2-5-11-22/h3,6-9,12-13,19-20,26H,1-2,4-5,10-11H2,(H,25,28). The average molecular weight is 427 g/mol. The molecule has 2 N–H and O–H groups in total. The van der Waals surface area contributed by atoms with Crippen LogP contribution in [0.5, 0.6) is 0 Å². The van der Waals surface area contributed by atoms with Crippen molar-refractivity contribution in [2.45, 2.75) is 56.5 Å². The number of hydrogen-bond acceptors (Lipinski definition) is 5. The molecule has 3 aliphatic rings. The zero-order chi connectivity index (χ0) is 20.7. The lowest BCUT2D eigenvalue weighted by molar-refractivity contribution is -0.127. The summed E-state index contributed by atoms with van der Waals surface area (Å²) in [5.74, 6) is -0.295. The maximum atomic E-state index is 13.5. The van der Waals surface area contributed by atoms with Crippen molar-refractivity contribution in [2.24, 2.45) is 0 Å². The lowest BCUT2D eigenvalue weighted by Crippen LogP contribution is -2.64. The summed E-state index contributed by atoms with van der Waals surface area (Å²) in [6.45, 7) is 0. The second kappa shape index (κ2) is 7.65. The summed E-state index contributed by atoms with van der Waals surface area (Å²) in [5.41, 5.74) is 0.887. The third-order valence-electron chi connectivity index (χ3n) is 6.09. The smallest absolute Gasteiger partial charge is 0.274 e. The van der Waals surface area contributed by atoms with Crippen molar-refractivity contribution in [3.8, 4) is 0 Å². The molecular formula is C22H23ClN4O3. The number of epoxide rings is 1. The number of aromatic nitrogens is 1. The van der Waals surface area contributed by atoms with Crippen LogP contribution in [-0.2, 0) is 9.53 Å². The number of anilines is 2. The van der Waals surface area contributed by atoms with E-state index in [1.807, 2.05) is 0 Å². The van der Waals surface area contributed by atoms with Gasteiger partial charge in [-0.15, -0.1) is 0 Å². The molecule has 30 heavy (non-hydrogen) atoms. The molecule has 156 valence electrons. The van der Waals surface area contributed by atoms with E-state index in [0.29, 0.717) is 22.1 Å². The maximum absolute atomic E-state index is 13.5. The molecule has 0 radical (unpaired) electrons. The summed E-state index contributed by atoms with van der Waals surface area (Å²) in [6, 6.07) is 10.3. The first-order valence-electron chi connectivity index (χ1n) is 10.4. The fraction of sp³-hybridized carbons (Fsp3) is 0.409. The fourth-order valence-electron chi connectivity index (χ4n) is 4.50. The molecule has 2 unspecified atom stereocenters. The first kappa shape index (κ1) is 19.5. The van der Waals surface area contributed by atoms with Crippen molar-refractivity contribution in [1.82, 2.24) is 10.3 Å². The number of nitrogens with one attached hydrogen (secondary N) is 2. The SMILES string of the molecule is O=C(Nc1ccc(N2C(=O)C3(CCCCCC3)NC3OC32)c(Cl)c1)c1ccccn1. The highest BCUT2D eigenvalue weighted by molar-refractivity contribution is 6.34. The van der Waals surface area contributed by atoms with Gasteiger partial charge in [-0.05, 0) is 43.2 Å². The summed E-state index contributed by atoms with van der Waals surface area (Å²) in [5, 5.41) is 6.63. The first-order chi connectivity index (χ1) is 14.6. The van der Waals surface area contributed by atoms with Crippen LogP contribution in [0.15, 0.2) is 42.6 Å². The number of amides is 2. The highest BCUT2D eigenvalue weighted by atomic mass is 35.5. The van der Waals surface area contributed by atoms with Crippen LogP contribution in [0.25, 0.3) is 0 Å². The van der Waals surface area contributed by atoms with Crippen molar-refractivity contribution in [1.29, 1.82) is 0 Å². The van der Waals surface area contributed by atoms with E-state index < -0.39 is 5.54 Å². The van der Waals surface area contributed by atoms with E-state index in [1.165, 1.54) is 0 Å². The summed E-state index contributed by atoms with van der Waals surface area (Å²) in [7, 11) is 0. The third kappa shape index (κ3) is 3.47. The van der Waals surface area contributed by atoms with Crippen LogP contribution < -0.4 is 15.5 Å². The molecule has 2 amide bonds. The molecule has 2 atom stereocenters. The molecular weight excluding hydrogens is 404 g/mol. The topological polar surface area (TPSA) is 86.9 Å². The van der Waals surface area contributed by atoms with Gasteiger partial charge in [0, 0.05) is 11.9 Å². The van der Waals surface area contributed by atoms with Gasteiger partial charge in [0.05, 0.1) is 10.7 Å². The van der Waals surface area contributed by atoms with Gasteiger partial charge in [-0.2, -0.15) is 0 Å². The molecule has 1 aromatic heterocycles. The number of carbonyl (C=O) groups excluding carboxylic acids is 2. The highest BCUT2D eigenvalue weighted by Gasteiger charge is 2.60. The van der Waals surface area contributed by atoms with Gasteiger partial charge in [0.2, 0.25) is 5.91 Å². The predicted molar refractivity (Wildman–Crippen MR) is 113 cm³/mol. The molecule has 1 spiro atoms. The van der Waals surface area contributed by atoms with Crippen LogP contribution in [0, 0.1) is 0 Å². The summed E-state index contributed by atoms with van der Waals surface area (Å²) in [6.07, 6.45) is 7.05. The van der Waals surface area contributed by atoms with E-state index in [1.54, 1.807) is 47.5 Å². The van der Waals surface area contributed by atoms with E-state index in [4.69, 9.17) is 16.3 Å². The van der Waals surface area contributed by atoms with Crippen LogP contribution in [0.4, 0.5) is 11.4 Å². The minimum Gasteiger partial charge on any atom is -0.331 e. The number of carbonyl (C=O) groups is 2. The number of pyridine rings is 1. The van der Waals surface area contributed by atoms with Crippen LogP contribution in [0.1, 0.15) is 49.0 Å². The van der Waals surface area contributed by atoms with Gasteiger partial charge in [-0.3, -0.25) is 24.8 Å². The van der Waals surface area contributed by atoms with Gasteiger partial charge < -0.3 is 10.1 Å². The minimum absolute atomic E-state index is 0.0234. The molecule has 2 aromatic rings. The highest BCUT2D eigenvalue weighted by Crippen LogP contribution is 2.44. The minimum atomic E-state index is -0.580. The number of halogens is 1. The molecule has 3 heterocycles. The first-order valence-corrected chi connectivity index (χ1v) is 10.7. The van der Waals surface area contributed by atoms with Gasteiger partial charge in [-0.25, -0.2) is 0 Å². The number of hydrogen-bond donors (Lipinski definition) is 2. The predicted octanol–water partition coefficient (Wildman–Crippen LogP) is 3.70. The van der Waals surface area contributed by atoms with Crippen molar-refractivity contribution in [2.75, 3.05) is 10.2 Å². The Morgan fingerprint density at radius 2 is 2.00 bits per heavy atom. The number of ether oxygens (including phenoxy) is 1. The molecule has 3 fully saturated rings. The lowest BCUT2D eigenvalue weighted by Gasteiger charge is -2.40. The average Bonchev–Trinajstić information content (AvgIpc) is 3.54. The molecule has 8 heteroatoms. The van der Waals surface area contributed by atoms with Crippen LogP contribution in [-0.4, -0.2) is 34.8 Å². The lowest BCUT2D eigenvalue weighted by atomic mass is 9.86. The Bertz CT molecular complexity index is 976. The van der Waals surface area contributed by atoms with Gasteiger partial charge in [0.25, 0.3) is 5.91 Å². The van der Waals surface area contributed by atoms with Crippen LogP contribution in [0.2, 0.25) is 5.02 Å². The quantitative estimate of drug-likeness (QED) is 0.731. The van der Waals surface area contributed by atoms with E-state index in [2.05, 4.69) is 15.6 Å². The molecule has 1 aromatic carbocycles. The van der Waals surface area contributed by atoms with Crippen LogP contribution >= 0.6 is 11.6 Å². The molecule has 0 bridgehead atoms. The number of rotatable bonds is 3. The summed E-state index contributed by atoms with van der Waals surface area (Å²) < 4.78 is 5.75. The maximum Gasteiger partial charge on any atom is 0.274 e. The number of benzene rings is 1. The van der Waals surface area contributed by atoms with E-state index >= 15 is 0 Å². The zero-order valence-corrected chi connectivity index (χ0v) is 17.2. The van der Waals surface area contributed by atoms with Gasteiger partial charge in [-0.1, -0.05) is 43.4 Å². The van der Waals surface area contributed by atoms with E-state index in [9.17, 15) is 9.59 Å². The second-order valence-corrected chi connectivity index (χ2v) is 8.51. The van der Waals surface area contributed by atoms with Crippen LogP contribution in [0.3, 0.4) is 0 Å². The molecule has 2 aliphatic heterocycles. The van der Waals surface area contributed by atoms with Crippen molar-refractivity contribution in [3.05, 3.63) is 53.3 Å². The van der Waals surface area contributed by atoms with Crippen molar-refractivity contribution < 1.29 is 14.3 Å². The Morgan fingerprint density at radius 3 is 2.70 bits per heavy atom. The Kier molecular flexibility index (Phi) is 4.97. The van der Waals surface area contributed by atoms with E-state index in [-0.39, 0.29) is 24.3 Å². The molecule has 1 aliphatic carbocycles. The molecule has 7 nitrogen and oxygen atoms in total. The van der Waals surface area contributed by atoms with Crippen molar-refractivity contribution in [3.63, 3.8) is 0 Å². The van der Waals surface area contributed by atoms with Gasteiger partial charge >= 0.3 is 0 Å². The number of fused-ring (bicyclic) bond motifs is 1.